The fourth-order valence-electron chi connectivity index (χ4n) is 3.07. The van der Waals surface area contributed by atoms with Crippen LogP contribution in [0.5, 0.6) is 0 Å². The average molecular weight is 384 g/mol. The highest BCUT2D eigenvalue weighted by Crippen LogP contribution is 2.19. The molecule has 2 aromatic carbocycles. The van der Waals surface area contributed by atoms with E-state index in [4.69, 9.17) is 15.2 Å². The number of amides is 1. The second-order valence-corrected chi connectivity index (χ2v) is 6.81. The molecule has 1 aliphatic rings. The van der Waals surface area contributed by atoms with Crippen LogP contribution in [-0.4, -0.2) is 47.8 Å². The van der Waals surface area contributed by atoms with Gasteiger partial charge in [-0.3, -0.25) is 0 Å². The quantitative estimate of drug-likeness (QED) is 0.737. The van der Waals surface area contributed by atoms with Crippen LogP contribution in [-0.2, 0) is 20.9 Å². The van der Waals surface area contributed by atoms with Crippen LogP contribution in [0.2, 0.25) is 0 Å². The monoisotopic (exact) mass is 384 g/mol. The highest BCUT2D eigenvalue weighted by molar-refractivity contribution is 5.76. The third-order valence-electron chi connectivity index (χ3n) is 4.73. The minimum Gasteiger partial charge on any atom is -0.463 e. The third-order valence-corrected chi connectivity index (χ3v) is 4.73. The Morgan fingerprint density at radius 3 is 2.36 bits per heavy atom. The van der Waals surface area contributed by atoms with E-state index >= 15 is 0 Å². The van der Waals surface area contributed by atoms with E-state index in [1.54, 1.807) is 30.3 Å². The third kappa shape index (κ3) is 5.09. The van der Waals surface area contributed by atoms with Crippen LogP contribution >= 0.6 is 0 Å². The van der Waals surface area contributed by atoms with Gasteiger partial charge in [0.25, 0.3) is 0 Å². The molecule has 0 unspecified atom stereocenters. The van der Waals surface area contributed by atoms with E-state index in [1.165, 1.54) is 4.90 Å². The van der Waals surface area contributed by atoms with Crippen LogP contribution in [0.3, 0.4) is 0 Å². The number of nitrogens with zero attached hydrogens (tertiary/aromatic N) is 1. The number of esters is 1. The van der Waals surface area contributed by atoms with Crippen LogP contribution in [0.1, 0.15) is 17.2 Å². The van der Waals surface area contributed by atoms with Crippen LogP contribution in [0, 0.1) is 5.92 Å². The molecule has 1 amide bonds. The van der Waals surface area contributed by atoms with E-state index in [0.29, 0.717) is 18.7 Å². The maximum Gasteiger partial charge on any atom is 0.410 e. The summed E-state index contributed by atoms with van der Waals surface area (Å²) in [6.07, 6.45) is -1.79. The predicted molar refractivity (Wildman–Crippen MR) is 102 cm³/mol. The number of carbonyl (C=O) groups excluding carboxylic acids is 2. The summed E-state index contributed by atoms with van der Waals surface area (Å²) >= 11 is 0. The standard InChI is InChI=1S/C21H24N2O5/c22-18-12-23(21(26)28-13-15-7-3-1-4-8-15)11-17(18)14-27-20(25)19(24)16-9-5-2-6-10-16/h1-10,17-19,24H,11-14,22H2/t17-,18-,19-/m0/s1. The molecule has 0 spiro atoms. The van der Waals surface area contributed by atoms with Gasteiger partial charge in [0.2, 0.25) is 0 Å². The van der Waals surface area contributed by atoms with Gasteiger partial charge in [0.05, 0.1) is 6.61 Å². The molecule has 3 N–H and O–H groups in total. The number of aliphatic hydroxyl groups excluding tert-OH is 1. The van der Waals surface area contributed by atoms with Crippen molar-refractivity contribution in [3.63, 3.8) is 0 Å². The second-order valence-electron chi connectivity index (χ2n) is 6.81. The number of hydrogen-bond donors (Lipinski definition) is 2. The molecular weight excluding hydrogens is 360 g/mol. The topological polar surface area (TPSA) is 102 Å². The van der Waals surface area contributed by atoms with E-state index in [0.717, 1.165) is 5.56 Å². The number of benzene rings is 2. The molecule has 1 heterocycles. The van der Waals surface area contributed by atoms with Crippen LogP contribution in [0.15, 0.2) is 60.7 Å². The van der Waals surface area contributed by atoms with Gasteiger partial charge in [0, 0.05) is 25.0 Å². The van der Waals surface area contributed by atoms with Crippen molar-refractivity contribution in [3.05, 3.63) is 71.8 Å². The summed E-state index contributed by atoms with van der Waals surface area (Å²) in [6, 6.07) is 17.6. The molecule has 0 aromatic heterocycles. The van der Waals surface area contributed by atoms with Crippen LogP contribution in [0.4, 0.5) is 4.79 Å². The molecule has 1 aliphatic heterocycles. The summed E-state index contributed by atoms with van der Waals surface area (Å²) in [5, 5.41) is 10.1. The Morgan fingerprint density at radius 1 is 1.04 bits per heavy atom. The molecule has 0 saturated carbocycles. The number of hydrogen-bond acceptors (Lipinski definition) is 6. The lowest BCUT2D eigenvalue weighted by atomic mass is 10.1. The summed E-state index contributed by atoms with van der Waals surface area (Å²) in [6.45, 7) is 0.890. The highest BCUT2D eigenvalue weighted by Gasteiger charge is 2.35. The fourth-order valence-corrected chi connectivity index (χ4v) is 3.07. The highest BCUT2D eigenvalue weighted by atomic mass is 16.6. The number of likely N-dealkylation sites (tertiary alicyclic amines) is 1. The average Bonchev–Trinajstić information content (AvgIpc) is 3.11. The number of ether oxygens (including phenoxy) is 2. The normalized spacial score (nSPS) is 19.9. The lowest BCUT2D eigenvalue weighted by molar-refractivity contribution is -0.155. The molecule has 148 valence electrons. The minimum absolute atomic E-state index is 0.0341. The first-order valence-corrected chi connectivity index (χ1v) is 9.15. The van der Waals surface area contributed by atoms with Gasteiger partial charge in [-0.05, 0) is 11.1 Å². The second kappa shape index (κ2) is 9.34. The fraction of sp³-hybridized carbons (Fsp3) is 0.333. The Balaban J connectivity index is 1.45. The van der Waals surface area contributed by atoms with Gasteiger partial charge in [-0.2, -0.15) is 0 Å². The Hall–Kier alpha value is -2.90. The summed E-state index contributed by atoms with van der Waals surface area (Å²) in [7, 11) is 0. The molecule has 7 heteroatoms. The molecule has 1 fully saturated rings. The first kappa shape index (κ1) is 19.9. The van der Waals surface area contributed by atoms with E-state index < -0.39 is 18.2 Å². The molecule has 7 nitrogen and oxygen atoms in total. The maximum atomic E-state index is 12.2. The minimum atomic E-state index is -1.34. The van der Waals surface area contributed by atoms with Gasteiger partial charge in [0.15, 0.2) is 6.10 Å². The number of carbonyl (C=O) groups is 2. The molecule has 0 bridgehead atoms. The van der Waals surface area contributed by atoms with Gasteiger partial charge in [0.1, 0.15) is 6.61 Å². The molecule has 0 aliphatic carbocycles. The van der Waals surface area contributed by atoms with Crippen molar-refractivity contribution in [1.82, 2.24) is 4.90 Å². The van der Waals surface area contributed by atoms with E-state index in [2.05, 4.69) is 0 Å². The summed E-state index contributed by atoms with van der Waals surface area (Å²) < 4.78 is 10.5. The first-order valence-electron chi connectivity index (χ1n) is 9.15. The zero-order valence-electron chi connectivity index (χ0n) is 15.4. The van der Waals surface area contributed by atoms with Crippen LogP contribution < -0.4 is 5.73 Å². The van der Waals surface area contributed by atoms with Crippen molar-refractivity contribution < 1.29 is 24.2 Å². The Bertz CT molecular complexity index is 784. The van der Waals surface area contributed by atoms with Gasteiger partial charge in [-0.15, -0.1) is 0 Å². The van der Waals surface area contributed by atoms with Crippen molar-refractivity contribution in [2.24, 2.45) is 11.7 Å². The maximum absolute atomic E-state index is 12.2. The summed E-state index contributed by atoms with van der Waals surface area (Å²) in [5.74, 6) is -0.945. The molecule has 3 rings (SSSR count). The Morgan fingerprint density at radius 2 is 1.68 bits per heavy atom. The molecular formula is C21H24N2O5. The Labute approximate surface area is 163 Å². The lowest BCUT2D eigenvalue weighted by Crippen LogP contribution is -2.33. The zero-order valence-corrected chi connectivity index (χ0v) is 15.4. The van der Waals surface area contributed by atoms with Crippen molar-refractivity contribution in [1.29, 1.82) is 0 Å². The lowest BCUT2D eigenvalue weighted by Gasteiger charge is -2.17. The molecule has 1 saturated heterocycles. The number of rotatable bonds is 6. The zero-order chi connectivity index (χ0) is 19.9. The van der Waals surface area contributed by atoms with E-state index in [-0.39, 0.29) is 25.2 Å². The van der Waals surface area contributed by atoms with Crippen molar-refractivity contribution >= 4 is 12.1 Å². The molecule has 0 radical (unpaired) electrons. The predicted octanol–water partition coefficient (Wildman–Crippen LogP) is 1.86. The Kier molecular flexibility index (Phi) is 6.62. The summed E-state index contributed by atoms with van der Waals surface area (Å²) in [4.78, 5) is 25.8. The summed E-state index contributed by atoms with van der Waals surface area (Å²) in [5.41, 5.74) is 7.45. The van der Waals surface area contributed by atoms with Gasteiger partial charge >= 0.3 is 12.1 Å². The first-order chi connectivity index (χ1) is 13.5. The molecule has 28 heavy (non-hydrogen) atoms. The smallest absolute Gasteiger partial charge is 0.410 e. The number of nitrogens with two attached hydrogens (primary N) is 1. The van der Waals surface area contributed by atoms with Gasteiger partial charge in [-0.1, -0.05) is 60.7 Å². The van der Waals surface area contributed by atoms with Crippen molar-refractivity contribution in [2.75, 3.05) is 19.7 Å². The largest absolute Gasteiger partial charge is 0.463 e. The van der Waals surface area contributed by atoms with Crippen LogP contribution in [0.25, 0.3) is 0 Å². The van der Waals surface area contributed by atoms with Gasteiger partial charge in [-0.25, -0.2) is 9.59 Å². The van der Waals surface area contributed by atoms with E-state index in [1.807, 2.05) is 30.3 Å². The molecule has 2 aromatic rings. The van der Waals surface area contributed by atoms with E-state index in [9.17, 15) is 14.7 Å². The number of aliphatic hydroxyl groups is 1. The SMILES string of the molecule is N[C@H]1CN(C(=O)OCc2ccccc2)C[C@H]1COC(=O)[C@@H](O)c1ccccc1. The van der Waals surface area contributed by atoms with Crippen molar-refractivity contribution in [3.8, 4) is 0 Å². The molecule has 3 atom stereocenters. The van der Waals surface area contributed by atoms with Crippen molar-refractivity contribution in [2.45, 2.75) is 18.8 Å². The van der Waals surface area contributed by atoms with Gasteiger partial charge < -0.3 is 25.2 Å².